The summed E-state index contributed by atoms with van der Waals surface area (Å²) in [5.74, 6) is 0.712. The predicted octanol–water partition coefficient (Wildman–Crippen LogP) is 3.19. The van der Waals surface area contributed by atoms with E-state index in [4.69, 9.17) is 0 Å². The molecule has 2 atom stereocenters. The third-order valence-electron chi connectivity index (χ3n) is 3.84. The van der Waals surface area contributed by atoms with Crippen molar-refractivity contribution in [2.75, 3.05) is 6.54 Å². The quantitative estimate of drug-likeness (QED) is 0.782. The van der Waals surface area contributed by atoms with Crippen LogP contribution in [0.4, 0.5) is 0 Å². The summed E-state index contributed by atoms with van der Waals surface area (Å²) >= 11 is 0. The van der Waals surface area contributed by atoms with Crippen LogP contribution in [0.25, 0.3) is 0 Å². The lowest BCUT2D eigenvalue weighted by Crippen LogP contribution is -2.37. The van der Waals surface area contributed by atoms with Gasteiger partial charge >= 0.3 is 0 Å². The van der Waals surface area contributed by atoms with Gasteiger partial charge in [-0.05, 0) is 24.8 Å². The normalized spacial score (nSPS) is 21.5. The van der Waals surface area contributed by atoms with Gasteiger partial charge in [0, 0.05) is 25.4 Å². The van der Waals surface area contributed by atoms with E-state index in [0.29, 0.717) is 12.0 Å². The van der Waals surface area contributed by atoms with Crippen LogP contribution in [-0.2, 0) is 4.79 Å². The molecular weight excluding hydrogens is 210 g/mol. The fraction of sp³-hybridized carbons (Fsp3) is 0.533. The zero-order chi connectivity index (χ0) is 12.3. The zero-order valence-corrected chi connectivity index (χ0v) is 10.7. The monoisotopic (exact) mass is 231 g/mol. The van der Waals surface area contributed by atoms with Gasteiger partial charge in [-0.3, -0.25) is 4.79 Å². The summed E-state index contributed by atoms with van der Waals surface area (Å²) in [6, 6.07) is 11.0. The van der Waals surface area contributed by atoms with E-state index < -0.39 is 0 Å². The minimum Gasteiger partial charge on any atom is -0.339 e. The van der Waals surface area contributed by atoms with Gasteiger partial charge < -0.3 is 4.90 Å². The first-order valence-corrected chi connectivity index (χ1v) is 6.56. The first-order chi connectivity index (χ1) is 8.24. The van der Waals surface area contributed by atoms with Crippen LogP contribution >= 0.6 is 0 Å². The van der Waals surface area contributed by atoms with Gasteiger partial charge in [-0.15, -0.1) is 0 Å². The molecule has 2 heteroatoms. The third kappa shape index (κ3) is 2.51. The molecule has 0 bridgehead atoms. The predicted molar refractivity (Wildman–Crippen MR) is 69.9 cm³/mol. The van der Waals surface area contributed by atoms with Crippen LogP contribution in [0, 0.1) is 0 Å². The second kappa shape index (κ2) is 5.35. The average molecular weight is 231 g/mol. The smallest absolute Gasteiger partial charge is 0.219 e. The second-order valence-corrected chi connectivity index (χ2v) is 4.85. The van der Waals surface area contributed by atoms with Crippen molar-refractivity contribution in [2.45, 2.75) is 45.1 Å². The highest BCUT2D eigenvalue weighted by molar-refractivity contribution is 5.74. The molecule has 0 aromatic heterocycles. The summed E-state index contributed by atoms with van der Waals surface area (Å²) in [5.41, 5.74) is 1.37. The zero-order valence-electron chi connectivity index (χ0n) is 10.7. The summed E-state index contributed by atoms with van der Waals surface area (Å²) in [6.45, 7) is 4.84. The Bertz CT molecular complexity index is 374. The number of rotatable bonds is 3. The average Bonchev–Trinajstić information content (AvgIpc) is 2.81. The number of hydrogen-bond donors (Lipinski definition) is 0. The highest BCUT2D eigenvalue weighted by Crippen LogP contribution is 2.33. The second-order valence-electron chi connectivity index (χ2n) is 4.85. The molecule has 1 fully saturated rings. The molecule has 0 unspecified atom stereocenters. The molecule has 1 saturated heterocycles. The molecule has 0 saturated carbocycles. The summed E-state index contributed by atoms with van der Waals surface area (Å²) in [5, 5.41) is 0. The van der Waals surface area contributed by atoms with Crippen molar-refractivity contribution >= 4 is 5.91 Å². The standard InChI is InChI=1S/C15H21NO/c1-3-14(13-8-5-4-6-9-13)15-10-7-11-16(15)12(2)17/h4-6,8-9,14-15H,3,7,10-11H2,1-2H3/t14-,15-/m0/s1. The van der Waals surface area contributed by atoms with Gasteiger partial charge in [0.2, 0.25) is 5.91 Å². The maximum absolute atomic E-state index is 11.6. The van der Waals surface area contributed by atoms with Crippen molar-refractivity contribution in [3.8, 4) is 0 Å². The molecule has 1 aliphatic rings. The lowest BCUT2D eigenvalue weighted by molar-refractivity contribution is -0.130. The first kappa shape index (κ1) is 12.2. The van der Waals surface area contributed by atoms with Crippen LogP contribution in [0.15, 0.2) is 30.3 Å². The van der Waals surface area contributed by atoms with E-state index in [1.54, 1.807) is 6.92 Å². The molecule has 1 amide bonds. The fourth-order valence-corrected chi connectivity index (χ4v) is 3.03. The number of hydrogen-bond acceptors (Lipinski definition) is 1. The summed E-state index contributed by atoms with van der Waals surface area (Å²) in [4.78, 5) is 13.7. The number of nitrogens with zero attached hydrogens (tertiary/aromatic N) is 1. The largest absolute Gasteiger partial charge is 0.339 e. The Morgan fingerprint density at radius 3 is 2.71 bits per heavy atom. The molecule has 0 N–H and O–H groups in total. The van der Waals surface area contributed by atoms with Crippen LogP contribution in [0.3, 0.4) is 0 Å². The number of carbonyl (C=O) groups excluding carboxylic acids is 1. The maximum Gasteiger partial charge on any atom is 0.219 e. The first-order valence-electron chi connectivity index (χ1n) is 6.56. The molecule has 1 aliphatic heterocycles. The minimum atomic E-state index is 0.224. The maximum atomic E-state index is 11.6. The van der Waals surface area contributed by atoms with Crippen molar-refractivity contribution in [3.63, 3.8) is 0 Å². The Morgan fingerprint density at radius 1 is 1.41 bits per heavy atom. The van der Waals surface area contributed by atoms with Gasteiger partial charge in [0.1, 0.15) is 0 Å². The molecule has 0 radical (unpaired) electrons. The Hall–Kier alpha value is -1.31. The van der Waals surface area contributed by atoms with E-state index in [-0.39, 0.29) is 5.91 Å². The summed E-state index contributed by atoms with van der Waals surface area (Å²) < 4.78 is 0. The highest BCUT2D eigenvalue weighted by atomic mass is 16.2. The Morgan fingerprint density at radius 2 is 2.12 bits per heavy atom. The lowest BCUT2D eigenvalue weighted by atomic mass is 9.88. The Kier molecular flexibility index (Phi) is 3.82. The highest BCUT2D eigenvalue weighted by Gasteiger charge is 2.32. The van der Waals surface area contributed by atoms with E-state index in [2.05, 4.69) is 36.1 Å². The number of likely N-dealkylation sites (tertiary alicyclic amines) is 1. The van der Waals surface area contributed by atoms with E-state index in [1.807, 2.05) is 6.07 Å². The van der Waals surface area contributed by atoms with Crippen LogP contribution < -0.4 is 0 Å². The van der Waals surface area contributed by atoms with Gasteiger partial charge in [0.15, 0.2) is 0 Å². The van der Waals surface area contributed by atoms with Gasteiger partial charge in [0.05, 0.1) is 0 Å². The van der Waals surface area contributed by atoms with Gasteiger partial charge in [0.25, 0.3) is 0 Å². The van der Waals surface area contributed by atoms with Crippen LogP contribution in [0.1, 0.15) is 44.6 Å². The third-order valence-corrected chi connectivity index (χ3v) is 3.84. The van der Waals surface area contributed by atoms with Crippen LogP contribution in [0.2, 0.25) is 0 Å². The number of carbonyl (C=O) groups is 1. The van der Waals surface area contributed by atoms with Crippen molar-refractivity contribution < 1.29 is 4.79 Å². The van der Waals surface area contributed by atoms with Crippen molar-refractivity contribution in [1.82, 2.24) is 4.90 Å². The molecule has 1 heterocycles. The Balaban J connectivity index is 2.21. The van der Waals surface area contributed by atoms with E-state index in [1.165, 1.54) is 5.56 Å². The lowest BCUT2D eigenvalue weighted by Gasteiger charge is -2.30. The molecule has 1 aromatic rings. The Labute approximate surface area is 104 Å². The summed E-state index contributed by atoms with van der Waals surface area (Å²) in [6.07, 6.45) is 3.39. The van der Waals surface area contributed by atoms with E-state index in [9.17, 15) is 4.79 Å². The van der Waals surface area contributed by atoms with Gasteiger partial charge in [-0.2, -0.15) is 0 Å². The molecule has 2 nitrogen and oxygen atoms in total. The summed E-state index contributed by atoms with van der Waals surface area (Å²) in [7, 11) is 0. The van der Waals surface area contributed by atoms with E-state index in [0.717, 1.165) is 25.8 Å². The topological polar surface area (TPSA) is 20.3 Å². The van der Waals surface area contributed by atoms with Crippen molar-refractivity contribution in [1.29, 1.82) is 0 Å². The van der Waals surface area contributed by atoms with Crippen LogP contribution in [0.5, 0.6) is 0 Å². The van der Waals surface area contributed by atoms with Gasteiger partial charge in [-0.25, -0.2) is 0 Å². The van der Waals surface area contributed by atoms with Crippen LogP contribution in [-0.4, -0.2) is 23.4 Å². The molecular formula is C15H21NO. The molecule has 0 spiro atoms. The van der Waals surface area contributed by atoms with E-state index >= 15 is 0 Å². The molecule has 0 aliphatic carbocycles. The molecule has 92 valence electrons. The number of amides is 1. The van der Waals surface area contributed by atoms with Crippen molar-refractivity contribution in [2.24, 2.45) is 0 Å². The minimum absolute atomic E-state index is 0.224. The number of benzene rings is 1. The SMILES string of the molecule is CC[C@@H](c1ccccc1)[C@@H]1CCCN1C(C)=O. The molecule has 17 heavy (non-hydrogen) atoms. The molecule has 1 aromatic carbocycles. The van der Waals surface area contributed by atoms with Crippen molar-refractivity contribution in [3.05, 3.63) is 35.9 Å². The van der Waals surface area contributed by atoms with Gasteiger partial charge in [-0.1, -0.05) is 37.3 Å². The molecule has 2 rings (SSSR count). The fourth-order valence-electron chi connectivity index (χ4n) is 3.03.